The van der Waals surface area contributed by atoms with E-state index in [-0.39, 0.29) is 12.6 Å². The summed E-state index contributed by atoms with van der Waals surface area (Å²) >= 11 is 0. The predicted octanol–water partition coefficient (Wildman–Crippen LogP) is 1.84. The number of aliphatic hydroxyl groups excluding tert-OH is 1. The summed E-state index contributed by atoms with van der Waals surface area (Å²) in [5, 5.41) is 11.7. The second-order valence-electron chi connectivity index (χ2n) is 5.94. The molecule has 100 valence electrons. The van der Waals surface area contributed by atoms with Gasteiger partial charge in [0, 0.05) is 20.1 Å². The molecule has 0 radical (unpaired) electrons. The van der Waals surface area contributed by atoms with Gasteiger partial charge in [0.05, 0.1) is 6.61 Å². The lowest BCUT2D eigenvalue weighted by Crippen LogP contribution is -2.41. The Hall–Kier alpha value is -0.770. The zero-order chi connectivity index (χ0) is 12.9. The van der Waals surface area contributed by atoms with E-state index >= 15 is 0 Å². The Morgan fingerprint density at radius 2 is 2.00 bits per heavy atom. The fourth-order valence-corrected chi connectivity index (χ4v) is 2.28. The molecule has 1 aliphatic rings. The van der Waals surface area contributed by atoms with Crippen LogP contribution in [0.5, 0.6) is 0 Å². The molecule has 0 unspecified atom stereocenters. The zero-order valence-electron chi connectivity index (χ0n) is 11.3. The molecule has 0 atom stereocenters. The van der Waals surface area contributed by atoms with Crippen LogP contribution in [0.15, 0.2) is 0 Å². The van der Waals surface area contributed by atoms with Gasteiger partial charge in [-0.2, -0.15) is 0 Å². The largest absolute Gasteiger partial charge is 0.395 e. The van der Waals surface area contributed by atoms with E-state index in [1.807, 2.05) is 0 Å². The summed E-state index contributed by atoms with van der Waals surface area (Å²) in [6.07, 6.45) is 4.91. The molecule has 4 nitrogen and oxygen atoms in total. The van der Waals surface area contributed by atoms with Gasteiger partial charge in [0.1, 0.15) is 0 Å². The van der Waals surface area contributed by atoms with E-state index in [4.69, 9.17) is 5.11 Å². The second-order valence-corrected chi connectivity index (χ2v) is 5.94. The Morgan fingerprint density at radius 1 is 1.41 bits per heavy atom. The van der Waals surface area contributed by atoms with E-state index in [1.165, 1.54) is 30.6 Å². The minimum Gasteiger partial charge on any atom is -0.395 e. The van der Waals surface area contributed by atoms with Crippen LogP contribution < -0.4 is 5.32 Å². The number of nitrogens with zero attached hydrogens (tertiary/aromatic N) is 1. The Morgan fingerprint density at radius 3 is 2.53 bits per heavy atom. The fraction of sp³-hybridized carbons (Fsp3) is 0.923. The van der Waals surface area contributed by atoms with Crippen molar-refractivity contribution in [2.45, 2.75) is 39.5 Å². The van der Waals surface area contributed by atoms with Crippen LogP contribution in [0.3, 0.4) is 0 Å². The smallest absolute Gasteiger partial charge is 0.317 e. The van der Waals surface area contributed by atoms with Gasteiger partial charge in [0.15, 0.2) is 0 Å². The molecule has 1 aliphatic carbocycles. The van der Waals surface area contributed by atoms with E-state index in [1.54, 1.807) is 7.05 Å². The van der Waals surface area contributed by atoms with Crippen LogP contribution in [0, 0.1) is 11.3 Å². The van der Waals surface area contributed by atoms with Crippen molar-refractivity contribution >= 4 is 6.03 Å². The molecule has 1 fully saturated rings. The van der Waals surface area contributed by atoms with Gasteiger partial charge in [-0.25, -0.2) is 4.79 Å². The topological polar surface area (TPSA) is 52.6 Å². The lowest BCUT2D eigenvalue weighted by molar-refractivity contribution is 0.174. The van der Waals surface area contributed by atoms with Crippen molar-refractivity contribution < 1.29 is 9.90 Å². The molecule has 2 amide bonds. The second kappa shape index (κ2) is 6.24. The first-order valence-electron chi connectivity index (χ1n) is 6.54. The third-order valence-electron chi connectivity index (χ3n) is 3.78. The highest BCUT2D eigenvalue weighted by Gasteiger charge is 2.26. The average molecular weight is 242 g/mol. The number of hydrogen-bond acceptors (Lipinski definition) is 2. The molecule has 1 saturated carbocycles. The van der Waals surface area contributed by atoms with Crippen molar-refractivity contribution in [3.8, 4) is 0 Å². The van der Waals surface area contributed by atoms with E-state index in [9.17, 15) is 4.79 Å². The zero-order valence-corrected chi connectivity index (χ0v) is 11.3. The van der Waals surface area contributed by atoms with Crippen LogP contribution in [0.4, 0.5) is 4.79 Å². The Balaban J connectivity index is 2.21. The molecule has 0 saturated heterocycles. The van der Waals surface area contributed by atoms with Gasteiger partial charge in [0.2, 0.25) is 0 Å². The number of carbonyl (C=O) groups is 1. The lowest BCUT2D eigenvalue weighted by Gasteiger charge is -2.34. The first-order chi connectivity index (χ1) is 7.94. The maximum Gasteiger partial charge on any atom is 0.317 e. The monoisotopic (exact) mass is 242 g/mol. The number of likely N-dealkylation sites (N-methyl/N-ethyl adjacent to an activating group) is 1. The highest BCUT2D eigenvalue weighted by Crippen LogP contribution is 2.37. The Bertz CT molecular complexity index is 244. The van der Waals surface area contributed by atoms with Crippen molar-refractivity contribution in [3.05, 3.63) is 0 Å². The van der Waals surface area contributed by atoms with E-state index in [0.29, 0.717) is 17.9 Å². The van der Waals surface area contributed by atoms with Crippen LogP contribution in [0.25, 0.3) is 0 Å². The van der Waals surface area contributed by atoms with Crippen molar-refractivity contribution in [1.82, 2.24) is 10.2 Å². The minimum atomic E-state index is -0.0797. The quantitative estimate of drug-likeness (QED) is 0.790. The van der Waals surface area contributed by atoms with Crippen LogP contribution >= 0.6 is 0 Å². The molecular weight excluding hydrogens is 216 g/mol. The minimum absolute atomic E-state index is 0.0154. The van der Waals surface area contributed by atoms with Gasteiger partial charge in [-0.15, -0.1) is 0 Å². The van der Waals surface area contributed by atoms with Gasteiger partial charge in [-0.1, -0.05) is 13.8 Å². The highest BCUT2D eigenvalue weighted by molar-refractivity contribution is 5.73. The lowest BCUT2D eigenvalue weighted by atomic mass is 9.73. The van der Waals surface area contributed by atoms with E-state index in [0.717, 1.165) is 6.54 Å². The maximum absolute atomic E-state index is 11.6. The molecule has 17 heavy (non-hydrogen) atoms. The summed E-state index contributed by atoms with van der Waals surface area (Å²) in [6.45, 7) is 5.81. The molecule has 2 N–H and O–H groups in total. The maximum atomic E-state index is 11.6. The summed E-state index contributed by atoms with van der Waals surface area (Å²) < 4.78 is 0. The van der Waals surface area contributed by atoms with Gasteiger partial charge in [0.25, 0.3) is 0 Å². The number of amides is 2. The van der Waals surface area contributed by atoms with Crippen LogP contribution in [-0.2, 0) is 0 Å². The average Bonchev–Trinajstić information content (AvgIpc) is 2.27. The number of hydrogen-bond donors (Lipinski definition) is 2. The first kappa shape index (κ1) is 14.3. The molecule has 0 aromatic heterocycles. The van der Waals surface area contributed by atoms with Gasteiger partial charge < -0.3 is 15.3 Å². The normalized spacial score (nSPS) is 20.0. The molecular formula is C13H26N2O2. The van der Waals surface area contributed by atoms with Gasteiger partial charge in [-0.05, 0) is 37.0 Å². The summed E-state index contributed by atoms with van der Waals surface area (Å²) in [7, 11) is 1.70. The highest BCUT2D eigenvalue weighted by atomic mass is 16.3. The number of aliphatic hydroxyl groups is 1. The van der Waals surface area contributed by atoms with E-state index < -0.39 is 0 Å². The fourth-order valence-electron chi connectivity index (χ4n) is 2.28. The van der Waals surface area contributed by atoms with Gasteiger partial charge in [-0.3, -0.25) is 0 Å². The molecule has 1 rings (SSSR count). The van der Waals surface area contributed by atoms with Crippen LogP contribution in [-0.4, -0.2) is 42.8 Å². The Labute approximate surface area is 104 Å². The van der Waals surface area contributed by atoms with E-state index in [2.05, 4.69) is 19.2 Å². The molecule has 4 heteroatoms. The third-order valence-corrected chi connectivity index (χ3v) is 3.78. The summed E-state index contributed by atoms with van der Waals surface area (Å²) in [5.41, 5.74) is 0.480. The summed E-state index contributed by atoms with van der Waals surface area (Å²) in [4.78, 5) is 13.1. The third kappa shape index (κ3) is 4.94. The number of urea groups is 1. The predicted molar refractivity (Wildman–Crippen MR) is 68.9 cm³/mol. The Kier molecular flexibility index (Phi) is 5.25. The molecule has 0 heterocycles. The van der Waals surface area contributed by atoms with Crippen LogP contribution in [0.1, 0.15) is 39.5 Å². The molecule has 0 aliphatic heterocycles. The number of carbonyl (C=O) groups excluding carboxylic acids is 1. The van der Waals surface area contributed by atoms with Crippen molar-refractivity contribution in [2.24, 2.45) is 11.3 Å². The first-order valence-corrected chi connectivity index (χ1v) is 6.54. The molecule has 0 spiro atoms. The summed E-state index contributed by atoms with van der Waals surface area (Å²) in [6, 6.07) is -0.0797. The van der Waals surface area contributed by atoms with Gasteiger partial charge >= 0.3 is 6.03 Å². The number of nitrogens with one attached hydrogen (secondary N) is 1. The SMILES string of the molecule is CN(CCO)C(=O)NCC1CCC(C)(C)CC1. The summed E-state index contributed by atoms with van der Waals surface area (Å²) in [5.74, 6) is 0.620. The molecule has 0 aromatic rings. The number of rotatable bonds is 4. The van der Waals surface area contributed by atoms with Crippen molar-refractivity contribution in [1.29, 1.82) is 0 Å². The van der Waals surface area contributed by atoms with Crippen LogP contribution in [0.2, 0.25) is 0 Å². The van der Waals surface area contributed by atoms with Crippen molar-refractivity contribution in [3.63, 3.8) is 0 Å². The standard InChI is InChI=1S/C13H26N2O2/c1-13(2)6-4-11(5-7-13)10-14-12(17)15(3)8-9-16/h11,16H,4-10H2,1-3H3,(H,14,17). The molecule has 0 bridgehead atoms. The van der Waals surface area contributed by atoms with Crippen molar-refractivity contribution in [2.75, 3.05) is 26.7 Å². The molecule has 0 aromatic carbocycles.